The average molecular weight is 376 g/mol. The summed E-state index contributed by atoms with van der Waals surface area (Å²) in [4.78, 5) is 12.5. The molecule has 0 fully saturated rings. The van der Waals surface area contributed by atoms with Gasteiger partial charge < -0.3 is 19.9 Å². The van der Waals surface area contributed by atoms with Crippen LogP contribution in [-0.2, 0) is 14.3 Å². The van der Waals surface area contributed by atoms with Gasteiger partial charge in [-0.25, -0.2) is 4.79 Å². The Labute approximate surface area is 163 Å². The molecule has 0 amide bonds. The van der Waals surface area contributed by atoms with Crippen LogP contribution < -0.4 is 10.5 Å². The van der Waals surface area contributed by atoms with Gasteiger partial charge in [0.05, 0.1) is 18.1 Å². The van der Waals surface area contributed by atoms with E-state index in [1.165, 1.54) is 0 Å². The Morgan fingerprint density at radius 3 is 2.39 bits per heavy atom. The number of nitrogens with two attached hydrogens (primary N) is 1. The second kappa shape index (κ2) is 8.31. The van der Waals surface area contributed by atoms with E-state index < -0.39 is 11.9 Å². The summed E-state index contributed by atoms with van der Waals surface area (Å²) in [7, 11) is 0. The normalized spacial score (nSPS) is 16.2. The lowest BCUT2D eigenvalue weighted by molar-refractivity contribution is -0.139. The van der Waals surface area contributed by atoms with Crippen molar-refractivity contribution >= 4 is 5.97 Å². The standard InChI is InChI=1S/C22H20N2O4/c1-3-26-22(25)19-14(2)27-21(24)18(13-23)20(19)15-9-11-17(12-10-15)28-16-7-5-4-6-8-16/h4-12,20H,3,24H2,1-2H3. The number of para-hydroxylation sites is 1. The van der Waals surface area contributed by atoms with E-state index in [4.69, 9.17) is 19.9 Å². The van der Waals surface area contributed by atoms with Crippen molar-refractivity contribution < 1.29 is 19.0 Å². The maximum atomic E-state index is 12.5. The van der Waals surface area contributed by atoms with Crippen molar-refractivity contribution in [1.82, 2.24) is 0 Å². The van der Waals surface area contributed by atoms with Gasteiger partial charge in [0, 0.05) is 0 Å². The van der Waals surface area contributed by atoms with Gasteiger partial charge in [-0.1, -0.05) is 30.3 Å². The Bertz CT molecular complexity index is 970. The number of hydrogen-bond acceptors (Lipinski definition) is 6. The quantitative estimate of drug-likeness (QED) is 0.789. The molecule has 1 unspecified atom stereocenters. The fourth-order valence-corrected chi connectivity index (χ4v) is 3.04. The molecular weight excluding hydrogens is 356 g/mol. The van der Waals surface area contributed by atoms with Crippen molar-refractivity contribution in [2.45, 2.75) is 19.8 Å². The van der Waals surface area contributed by atoms with Crippen LogP contribution in [0.2, 0.25) is 0 Å². The van der Waals surface area contributed by atoms with Crippen molar-refractivity contribution in [3.05, 3.63) is 82.9 Å². The van der Waals surface area contributed by atoms with E-state index in [0.717, 1.165) is 0 Å². The smallest absolute Gasteiger partial charge is 0.338 e. The van der Waals surface area contributed by atoms with Gasteiger partial charge in [-0.15, -0.1) is 0 Å². The van der Waals surface area contributed by atoms with Gasteiger partial charge in [0.2, 0.25) is 5.88 Å². The molecule has 0 bridgehead atoms. The Hall–Kier alpha value is -3.72. The van der Waals surface area contributed by atoms with E-state index in [-0.39, 0.29) is 23.6 Å². The van der Waals surface area contributed by atoms with E-state index >= 15 is 0 Å². The minimum atomic E-state index is -0.663. The Kier molecular flexibility index (Phi) is 5.66. The van der Waals surface area contributed by atoms with Gasteiger partial charge >= 0.3 is 5.97 Å². The molecule has 6 nitrogen and oxygen atoms in total. The first-order chi connectivity index (χ1) is 13.5. The summed E-state index contributed by atoms with van der Waals surface area (Å²) in [5, 5.41) is 9.59. The number of nitriles is 1. The molecule has 6 heteroatoms. The van der Waals surface area contributed by atoms with Gasteiger partial charge in [0.15, 0.2) is 0 Å². The van der Waals surface area contributed by atoms with E-state index in [9.17, 15) is 10.1 Å². The highest BCUT2D eigenvalue weighted by Crippen LogP contribution is 2.40. The summed E-state index contributed by atoms with van der Waals surface area (Å²) >= 11 is 0. The molecule has 2 aromatic rings. The Balaban J connectivity index is 1.96. The first-order valence-corrected chi connectivity index (χ1v) is 8.83. The van der Waals surface area contributed by atoms with Crippen LogP contribution in [0.1, 0.15) is 25.3 Å². The first kappa shape index (κ1) is 19.1. The van der Waals surface area contributed by atoms with Gasteiger partial charge in [-0.05, 0) is 43.7 Å². The third-order valence-corrected chi connectivity index (χ3v) is 4.29. The molecule has 1 aliphatic heterocycles. The zero-order valence-corrected chi connectivity index (χ0v) is 15.6. The molecule has 0 spiro atoms. The topological polar surface area (TPSA) is 94.6 Å². The van der Waals surface area contributed by atoms with Crippen LogP contribution in [0.15, 0.2) is 77.4 Å². The summed E-state index contributed by atoms with van der Waals surface area (Å²) in [6, 6.07) is 18.6. The molecule has 1 aliphatic rings. The predicted octanol–water partition coefficient (Wildman–Crippen LogP) is 4.12. The molecule has 0 saturated carbocycles. The minimum absolute atomic E-state index is 0.0114. The zero-order valence-electron chi connectivity index (χ0n) is 15.6. The van der Waals surface area contributed by atoms with Crippen molar-refractivity contribution in [1.29, 1.82) is 5.26 Å². The second-order valence-corrected chi connectivity index (χ2v) is 6.10. The SMILES string of the molecule is CCOC(=O)C1=C(C)OC(N)=C(C#N)C1c1ccc(Oc2ccccc2)cc1. The van der Waals surface area contributed by atoms with Crippen molar-refractivity contribution in [2.24, 2.45) is 5.73 Å². The van der Waals surface area contributed by atoms with Gasteiger partial charge in [-0.3, -0.25) is 0 Å². The summed E-state index contributed by atoms with van der Waals surface area (Å²) < 4.78 is 16.4. The average Bonchev–Trinajstić information content (AvgIpc) is 2.69. The number of hydrogen-bond donors (Lipinski definition) is 1. The number of esters is 1. The predicted molar refractivity (Wildman–Crippen MR) is 103 cm³/mol. The van der Waals surface area contributed by atoms with E-state index in [2.05, 4.69) is 6.07 Å². The molecule has 28 heavy (non-hydrogen) atoms. The number of nitrogens with zero attached hydrogens (tertiary/aromatic N) is 1. The van der Waals surface area contributed by atoms with Crippen molar-refractivity contribution in [2.75, 3.05) is 6.61 Å². The molecular formula is C22H20N2O4. The van der Waals surface area contributed by atoms with Crippen LogP contribution >= 0.6 is 0 Å². The van der Waals surface area contributed by atoms with Crippen LogP contribution in [0.5, 0.6) is 11.5 Å². The first-order valence-electron chi connectivity index (χ1n) is 8.83. The van der Waals surface area contributed by atoms with Crippen LogP contribution in [0, 0.1) is 11.3 Å². The highest BCUT2D eigenvalue weighted by Gasteiger charge is 2.36. The van der Waals surface area contributed by atoms with E-state index in [1.807, 2.05) is 30.3 Å². The van der Waals surface area contributed by atoms with E-state index in [1.54, 1.807) is 38.1 Å². The number of allylic oxidation sites excluding steroid dienone is 2. The number of carbonyl (C=O) groups excluding carboxylic acids is 1. The maximum Gasteiger partial charge on any atom is 0.338 e. The Morgan fingerprint density at radius 2 is 1.79 bits per heavy atom. The van der Waals surface area contributed by atoms with Crippen LogP contribution in [-0.4, -0.2) is 12.6 Å². The molecule has 0 radical (unpaired) electrons. The van der Waals surface area contributed by atoms with Gasteiger partial charge in [0.25, 0.3) is 0 Å². The van der Waals surface area contributed by atoms with Crippen molar-refractivity contribution in [3.8, 4) is 17.6 Å². The summed E-state index contributed by atoms with van der Waals surface area (Å²) in [5.74, 6) is 0.465. The number of benzene rings is 2. The number of rotatable bonds is 5. The van der Waals surface area contributed by atoms with Crippen LogP contribution in [0.25, 0.3) is 0 Å². The third kappa shape index (κ3) is 3.84. The summed E-state index contributed by atoms with van der Waals surface area (Å²) in [5.41, 5.74) is 7.05. The van der Waals surface area contributed by atoms with Gasteiger partial charge in [0.1, 0.15) is 28.9 Å². The molecule has 3 rings (SSSR count). The lowest BCUT2D eigenvalue weighted by Gasteiger charge is -2.26. The number of ether oxygens (including phenoxy) is 3. The van der Waals surface area contributed by atoms with Gasteiger partial charge in [-0.2, -0.15) is 5.26 Å². The number of carbonyl (C=O) groups is 1. The van der Waals surface area contributed by atoms with Crippen LogP contribution in [0.3, 0.4) is 0 Å². The lowest BCUT2D eigenvalue weighted by atomic mass is 9.83. The lowest BCUT2D eigenvalue weighted by Crippen LogP contribution is -2.25. The third-order valence-electron chi connectivity index (χ3n) is 4.29. The molecule has 2 N–H and O–H groups in total. The summed E-state index contributed by atoms with van der Waals surface area (Å²) in [6.07, 6.45) is 0. The highest BCUT2D eigenvalue weighted by atomic mass is 16.5. The van der Waals surface area contributed by atoms with Crippen molar-refractivity contribution in [3.63, 3.8) is 0 Å². The van der Waals surface area contributed by atoms with Crippen LogP contribution in [0.4, 0.5) is 0 Å². The fourth-order valence-electron chi connectivity index (χ4n) is 3.04. The molecule has 0 saturated heterocycles. The molecule has 1 heterocycles. The molecule has 2 aromatic carbocycles. The molecule has 142 valence electrons. The maximum absolute atomic E-state index is 12.5. The largest absolute Gasteiger partial charge is 0.463 e. The molecule has 0 aliphatic carbocycles. The summed E-state index contributed by atoms with van der Waals surface area (Å²) in [6.45, 7) is 3.57. The molecule has 0 aromatic heterocycles. The molecule has 1 atom stereocenters. The zero-order chi connectivity index (χ0) is 20.1. The fraction of sp³-hybridized carbons (Fsp3) is 0.182. The van der Waals surface area contributed by atoms with E-state index in [0.29, 0.717) is 22.8 Å². The monoisotopic (exact) mass is 376 g/mol. The minimum Gasteiger partial charge on any atom is -0.463 e. The Morgan fingerprint density at radius 1 is 1.14 bits per heavy atom. The second-order valence-electron chi connectivity index (χ2n) is 6.10. The highest BCUT2D eigenvalue weighted by molar-refractivity contribution is 5.92.